The molecule has 1 aliphatic heterocycles. The summed E-state index contributed by atoms with van der Waals surface area (Å²) in [6, 6.07) is 1.22. The number of carbonyl (C=O) groups is 1. The standard InChI is InChI=1S/C14H25N3O/c18-14(16-12-2-1-3-12)17(13-4-5-13)10-11-6-8-15-9-7-11/h11-13,15H,1-10H2,(H,16,18). The third-order valence-corrected chi connectivity index (χ3v) is 4.59. The number of carbonyl (C=O) groups excluding carboxylic acids is 1. The van der Waals surface area contributed by atoms with E-state index in [9.17, 15) is 4.79 Å². The molecule has 2 amide bonds. The van der Waals surface area contributed by atoms with E-state index in [0.29, 0.717) is 18.0 Å². The molecule has 0 aromatic heterocycles. The van der Waals surface area contributed by atoms with Crippen molar-refractivity contribution in [1.29, 1.82) is 0 Å². The third kappa shape index (κ3) is 2.97. The maximum Gasteiger partial charge on any atom is 0.317 e. The second-order valence-electron chi connectivity index (χ2n) is 6.15. The number of nitrogens with one attached hydrogen (secondary N) is 2. The zero-order chi connectivity index (χ0) is 12.4. The van der Waals surface area contributed by atoms with Crippen LogP contribution in [0.5, 0.6) is 0 Å². The van der Waals surface area contributed by atoms with Gasteiger partial charge in [-0.05, 0) is 64.0 Å². The molecule has 1 saturated heterocycles. The van der Waals surface area contributed by atoms with Crippen LogP contribution in [-0.2, 0) is 0 Å². The summed E-state index contributed by atoms with van der Waals surface area (Å²) >= 11 is 0. The van der Waals surface area contributed by atoms with Crippen LogP contribution in [-0.4, -0.2) is 42.6 Å². The van der Waals surface area contributed by atoms with E-state index >= 15 is 0 Å². The van der Waals surface area contributed by atoms with E-state index in [4.69, 9.17) is 0 Å². The van der Waals surface area contributed by atoms with Crippen molar-refractivity contribution in [2.45, 2.75) is 57.0 Å². The van der Waals surface area contributed by atoms with Gasteiger partial charge in [-0.3, -0.25) is 0 Å². The van der Waals surface area contributed by atoms with Crippen molar-refractivity contribution < 1.29 is 4.79 Å². The van der Waals surface area contributed by atoms with E-state index in [-0.39, 0.29) is 6.03 Å². The molecule has 0 aromatic rings. The van der Waals surface area contributed by atoms with Gasteiger partial charge in [-0.25, -0.2) is 4.79 Å². The van der Waals surface area contributed by atoms with Crippen LogP contribution < -0.4 is 10.6 Å². The van der Waals surface area contributed by atoms with Crippen molar-refractivity contribution >= 4 is 6.03 Å². The minimum absolute atomic E-state index is 0.209. The summed E-state index contributed by atoms with van der Waals surface area (Å²) in [5.74, 6) is 0.707. The molecule has 3 rings (SSSR count). The van der Waals surface area contributed by atoms with E-state index in [1.807, 2.05) is 0 Å². The van der Waals surface area contributed by atoms with Crippen LogP contribution in [0, 0.1) is 5.92 Å². The molecule has 0 atom stereocenters. The van der Waals surface area contributed by atoms with E-state index in [0.717, 1.165) is 19.6 Å². The molecule has 18 heavy (non-hydrogen) atoms. The van der Waals surface area contributed by atoms with E-state index in [1.54, 1.807) is 0 Å². The van der Waals surface area contributed by atoms with Gasteiger partial charge in [0.2, 0.25) is 0 Å². The van der Waals surface area contributed by atoms with Gasteiger partial charge in [0.05, 0.1) is 0 Å². The van der Waals surface area contributed by atoms with E-state index < -0.39 is 0 Å². The molecule has 2 aliphatic carbocycles. The fraction of sp³-hybridized carbons (Fsp3) is 0.929. The second-order valence-corrected chi connectivity index (χ2v) is 6.15. The van der Waals surface area contributed by atoms with Gasteiger partial charge in [0.1, 0.15) is 0 Å². The highest BCUT2D eigenvalue weighted by molar-refractivity contribution is 5.75. The molecule has 0 spiro atoms. The molecule has 3 fully saturated rings. The highest BCUT2D eigenvalue weighted by atomic mass is 16.2. The number of hydrogen-bond donors (Lipinski definition) is 2. The monoisotopic (exact) mass is 251 g/mol. The average Bonchev–Trinajstić information content (AvgIpc) is 3.16. The SMILES string of the molecule is O=C(NC1CCC1)N(CC1CCNCC1)C1CC1. The van der Waals surface area contributed by atoms with Crippen LogP contribution in [0.1, 0.15) is 44.9 Å². The molecule has 0 radical (unpaired) electrons. The number of hydrogen-bond acceptors (Lipinski definition) is 2. The first-order chi connectivity index (χ1) is 8.83. The maximum atomic E-state index is 12.3. The first-order valence-corrected chi connectivity index (χ1v) is 7.61. The van der Waals surface area contributed by atoms with Gasteiger partial charge in [-0.2, -0.15) is 0 Å². The molecule has 0 bridgehead atoms. The summed E-state index contributed by atoms with van der Waals surface area (Å²) in [5, 5.41) is 6.59. The van der Waals surface area contributed by atoms with E-state index in [1.165, 1.54) is 44.9 Å². The normalized spacial score (nSPS) is 25.6. The molecule has 1 heterocycles. The zero-order valence-corrected chi connectivity index (χ0v) is 11.2. The Bertz CT molecular complexity index is 293. The van der Waals surface area contributed by atoms with Gasteiger partial charge in [0, 0.05) is 18.6 Å². The molecule has 2 saturated carbocycles. The van der Waals surface area contributed by atoms with Crippen LogP contribution >= 0.6 is 0 Å². The summed E-state index contributed by atoms with van der Waals surface area (Å²) in [7, 11) is 0. The Morgan fingerprint density at radius 2 is 1.83 bits per heavy atom. The molecule has 2 N–H and O–H groups in total. The fourth-order valence-electron chi connectivity index (χ4n) is 2.94. The Balaban J connectivity index is 1.51. The number of amides is 2. The number of rotatable bonds is 4. The van der Waals surface area contributed by atoms with Gasteiger partial charge < -0.3 is 15.5 Å². The first kappa shape index (κ1) is 12.3. The van der Waals surface area contributed by atoms with Crippen LogP contribution in [0.15, 0.2) is 0 Å². The average molecular weight is 251 g/mol. The van der Waals surface area contributed by atoms with Crippen LogP contribution in [0.2, 0.25) is 0 Å². The fourth-order valence-corrected chi connectivity index (χ4v) is 2.94. The lowest BCUT2D eigenvalue weighted by Crippen LogP contribution is -2.50. The largest absolute Gasteiger partial charge is 0.335 e. The summed E-state index contributed by atoms with van der Waals surface area (Å²) in [6.07, 6.45) is 8.50. The quantitative estimate of drug-likeness (QED) is 0.799. The lowest BCUT2D eigenvalue weighted by Gasteiger charge is -2.33. The molecule has 0 aromatic carbocycles. The molecule has 3 aliphatic rings. The number of urea groups is 1. The lowest BCUT2D eigenvalue weighted by molar-refractivity contribution is 0.167. The van der Waals surface area contributed by atoms with Gasteiger partial charge in [-0.1, -0.05) is 0 Å². The third-order valence-electron chi connectivity index (χ3n) is 4.59. The predicted octanol–water partition coefficient (Wildman–Crippen LogP) is 1.71. The van der Waals surface area contributed by atoms with Crippen molar-refractivity contribution in [3.63, 3.8) is 0 Å². The highest BCUT2D eigenvalue weighted by Gasteiger charge is 2.35. The highest BCUT2D eigenvalue weighted by Crippen LogP contribution is 2.29. The minimum atomic E-state index is 0.209. The maximum absolute atomic E-state index is 12.3. The van der Waals surface area contributed by atoms with Gasteiger partial charge in [0.25, 0.3) is 0 Å². The Hall–Kier alpha value is -0.770. The Morgan fingerprint density at radius 3 is 2.39 bits per heavy atom. The van der Waals surface area contributed by atoms with Crippen molar-refractivity contribution in [2.75, 3.05) is 19.6 Å². The second kappa shape index (κ2) is 5.47. The first-order valence-electron chi connectivity index (χ1n) is 7.61. The molecule has 4 nitrogen and oxygen atoms in total. The molecule has 102 valence electrons. The van der Waals surface area contributed by atoms with Crippen molar-refractivity contribution in [2.24, 2.45) is 5.92 Å². The van der Waals surface area contributed by atoms with Crippen molar-refractivity contribution in [3.05, 3.63) is 0 Å². The van der Waals surface area contributed by atoms with Crippen LogP contribution in [0.25, 0.3) is 0 Å². The topological polar surface area (TPSA) is 44.4 Å². The summed E-state index contributed by atoms with van der Waals surface area (Å²) in [5.41, 5.74) is 0. The predicted molar refractivity (Wildman–Crippen MR) is 71.5 cm³/mol. The molecule has 0 unspecified atom stereocenters. The molecule has 4 heteroatoms. The lowest BCUT2D eigenvalue weighted by atomic mass is 9.93. The number of piperidine rings is 1. The molecular weight excluding hydrogens is 226 g/mol. The van der Waals surface area contributed by atoms with Crippen LogP contribution in [0.4, 0.5) is 4.79 Å². The summed E-state index contributed by atoms with van der Waals surface area (Å²) < 4.78 is 0. The molecular formula is C14H25N3O. The van der Waals surface area contributed by atoms with Gasteiger partial charge >= 0.3 is 6.03 Å². The Kier molecular flexibility index (Phi) is 3.73. The smallest absolute Gasteiger partial charge is 0.317 e. The zero-order valence-electron chi connectivity index (χ0n) is 11.2. The van der Waals surface area contributed by atoms with Gasteiger partial charge in [0.15, 0.2) is 0 Å². The summed E-state index contributed by atoms with van der Waals surface area (Å²) in [6.45, 7) is 3.21. The van der Waals surface area contributed by atoms with Crippen molar-refractivity contribution in [3.8, 4) is 0 Å². The number of nitrogens with zero attached hydrogens (tertiary/aromatic N) is 1. The van der Waals surface area contributed by atoms with E-state index in [2.05, 4.69) is 15.5 Å². The van der Waals surface area contributed by atoms with Crippen LogP contribution in [0.3, 0.4) is 0 Å². The Morgan fingerprint density at radius 1 is 1.11 bits per heavy atom. The summed E-state index contributed by atoms with van der Waals surface area (Å²) in [4.78, 5) is 14.4. The van der Waals surface area contributed by atoms with Crippen molar-refractivity contribution in [1.82, 2.24) is 15.5 Å². The van der Waals surface area contributed by atoms with Gasteiger partial charge in [-0.15, -0.1) is 0 Å². The Labute approximate surface area is 109 Å². The minimum Gasteiger partial charge on any atom is -0.335 e.